The van der Waals surface area contributed by atoms with Gasteiger partial charge in [0.05, 0.1) is 5.36 Å². The van der Waals surface area contributed by atoms with Crippen molar-refractivity contribution in [3.63, 3.8) is 0 Å². The van der Waals surface area contributed by atoms with Crippen molar-refractivity contribution in [3.05, 3.63) is 29.9 Å². The molecule has 58 valence electrons. The standard InChI is InChI=1S/C5H6N2O.2ClH/c6-5-1-3-7(8)4-2-5;;/h1-4,6,8H;2*1H. The van der Waals surface area contributed by atoms with E-state index in [1.807, 2.05) is 0 Å². The third-order valence-electron chi connectivity index (χ3n) is 0.814. The zero-order valence-electron chi connectivity index (χ0n) is 5.02. The number of aromatic nitrogens is 1. The number of pyridine rings is 1. The quantitative estimate of drug-likeness (QED) is 0.580. The van der Waals surface area contributed by atoms with Crippen LogP contribution in [-0.2, 0) is 0 Å². The molecule has 0 bridgehead atoms. The Morgan fingerprint density at radius 1 is 1.20 bits per heavy atom. The van der Waals surface area contributed by atoms with Crippen molar-refractivity contribution in [1.29, 1.82) is 5.41 Å². The molecule has 0 aromatic carbocycles. The Morgan fingerprint density at radius 3 is 1.90 bits per heavy atom. The van der Waals surface area contributed by atoms with Crippen LogP contribution in [0.4, 0.5) is 0 Å². The van der Waals surface area contributed by atoms with Crippen molar-refractivity contribution in [3.8, 4) is 0 Å². The average molecular weight is 183 g/mol. The average Bonchev–Trinajstić information content (AvgIpc) is 1.77. The molecule has 0 aliphatic carbocycles. The minimum absolute atomic E-state index is 0. The van der Waals surface area contributed by atoms with Gasteiger partial charge in [0, 0.05) is 12.4 Å². The predicted octanol–water partition coefficient (Wildman–Crippen LogP) is 1.05. The van der Waals surface area contributed by atoms with Crippen LogP contribution in [0.25, 0.3) is 0 Å². The van der Waals surface area contributed by atoms with Gasteiger partial charge in [0.2, 0.25) is 0 Å². The third-order valence-corrected chi connectivity index (χ3v) is 0.814. The lowest BCUT2D eigenvalue weighted by molar-refractivity contribution is 0.184. The van der Waals surface area contributed by atoms with Crippen molar-refractivity contribution in [2.24, 2.45) is 0 Å². The van der Waals surface area contributed by atoms with Gasteiger partial charge in [0.1, 0.15) is 0 Å². The van der Waals surface area contributed by atoms with Gasteiger partial charge < -0.3 is 10.6 Å². The highest BCUT2D eigenvalue weighted by molar-refractivity contribution is 5.85. The second kappa shape index (κ2) is 5.14. The second-order valence-corrected chi connectivity index (χ2v) is 1.47. The first kappa shape index (κ1) is 12.0. The summed E-state index contributed by atoms with van der Waals surface area (Å²) in [5, 5.41) is 16.0. The summed E-state index contributed by atoms with van der Waals surface area (Å²) < 4.78 is 0.901. The van der Waals surface area contributed by atoms with Gasteiger partial charge >= 0.3 is 0 Å². The van der Waals surface area contributed by atoms with E-state index in [1.54, 1.807) is 0 Å². The first-order valence-electron chi connectivity index (χ1n) is 2.21. The molecule has 0 atom stereocenters. The zero-order chi connectivity index (χ0) is 5.98. The van der Waals surface area contributed by atoms with Gasteiger partial charge in [-0.05, 0) is 12.1 Å². The van der Waals surface area contributed by atoms with Gasteiger partial charge in [0.25, 0.3) is 0 Å². The monoisotopic (exact) mass is 182 g/mol. The Labute approximate surface area is 70.6 Å². The normalized spacial score (nSPS) is 7.20. The van der Waals surface area contributed by atoms with E-state index in [0.29, 0.717) is 5.36 Å². The van der Waals surface area contributed by atoms with Crippen LogP contribution in [0.5, 0.6) is 0 Å². The fourth-order valence-electron chi connectivity index (χ4n) is 0.419. The maximum atomic E-state index is 8.59. The van der Waals surface area contributed by atoms with Crippen LogP contribution in [-0.4, -0.2) is 9.94 Å². The van der Waals surface area contributed by atoms with Gasteiger partial charge in [0.15, 0.2) is 0 Å². The number of nitrogens with zero attached hydrogens (tertiary/aromatic N) is 1. The first-order valence-corrected chi connectivity index (χ1v) is 2.21. The molecule has 3 nitrogen and oxygen atoms in total. The van der Waals surface area contributed by atoms with E-state index in [1.165, 1.54) is 24.5 Å². The molecule has 0 unspecified atom stereocenters. The van der Waals surface area contributed by atoms with E-state index in [0.717, 1.165) is 4.73 Å². The highest BCUT2D eigenvalue weighted by Gasteiger charge is 1.75. The summed E-state index contributed by atoms with van der Waals surface area (Å²) in [5.41, 5.74) is 0. The third kappa shape index (κ3) is 3.37. The molecule has 1 aromatic heterocycles. The van der Waals surface area contributed by atoms with Gasteiger partial charge in [-0.1, -0.05) is 0 Å². The van der Waals surface area contributed by atoms with Crippen LogP contribution < -0.4 is 5.36 Å². The number of hydrogen-bond acceptors (Lipinski definition) is 2. The summed E-state index contributed by atoms with van der Waals surface area (Å²) in [7, 11) is 0. The van der Waals surface area contributed by atoms with Crippen LogP contribution in [0.1, 0.15) is 0 Å². The van der Waals surface area contributed by atoms with Crippen LogP contribution in [0, 0.1) is 5.41 Å². The Hall–Kier alpha value is -0.670. The molecule has 0 saturated heterocycles. The molecule has 2 N–H and O–H groups in total. The highest BCUT2D eigenvalue weighted by atomic mass is 35.5. The van der Waals surface area contributed by atoms with Gasteiger partial charge in [-0.3, -0.25) is 0 Å². The lowest BCUT2D eigenvalue weighted by Crippen LogP contribution is -1.99. The van der Waals surface area contributed by atoms with E-state index < -0.39 is 0 Å². The molecule has 0 fully saturated rings. The van der Waals surface area contributed by atoms with Crippen molar-refractivity contribution >= 4 is 24.8 Å². The number of nitrogens with one attached hydrogen (secondary N) is 1. The topological polar surface area (TPSA) is 49.0 Å². The smallest absolute Gasteiger partial charge is 0.0571 e. The summed E-state index contributed by atoms with van der Waals surface area (Å²) in [4.78, 5) is 0. The first-order chi connectivity index (χ1) is 3.79. The van der Waals surface area contributed by atoms with Crippen LogP contribution in [0.15, 0.2) is 24.5 Å². The van der Waals surface area contributed by atoms with E-state index in [4.69, 9.17) is 10.6 Å². The van der Waals surface area contributed by atoms with Crippen LogP contribution in [0.3, 0.4) is 0 Å². The van der Waals surface area contributed by atoms with Crippen LogP contribution >= 0.6 is 24.8 Å². The summed E-state index contributed by atoms with van der Waals surface area (Å²) in [6, 6.07) is 3.00. The molecule has 1 rings (SSSR count). The Kier molecular flexibility index (Phi) is 6.20. The lowest BCUT2D eigenvalue weighted by Gasteiger charge is -1.90. The Balaban J connectivity index is 0. The molecule has 0 aliphatic rings. The number of hydrogen-bond donors (Lipinski definition) is 2. The summed E-state index contributed by atoms with van der Waals surface area (Å²) in [6.07, 6.45) is 2.81. The molecule has 5 heteroatoms. The van der Waals surface area contributed by atoms with Crippen molar-refractivity contribution in [2.45, 2.75) is 0 Å². The van der Waals surface area contributed by atoms with Gasteiger partial charge in [-0.2, -0.15) is 0 Å². The molecule has 0 spiro atoms. The summed E-state index contributed by atoms with van der Waals surface area (Å²) in [6.45, 7) is 0. The molecule has 0 aliphatic heterocycles. The summed E-state index contributed by atoms with van der Waals surface area (Å²) >= 11 is 0. The molecule has 1 aromatic rings. The molecule has 10 heavy (non-hydrogen) atoms. The molecular weight excluding hydrogens is 175 g/mol. The van der Waals surface area contributed by atoms with Gasteiger partial charge in [-0.25, -0.2) is 4.73 Å². The molecule has 0 saturated carbocycles. The predicted molar refractivity (Wildman–Crippen MR) is 42.0 cm³/mol. The SMILES string of the molecule is Cl.Cl.N=c1ccn(O)cc1. The van der Waals surface area contributed by atoms with E-state index in [9.17, 15) is 0 Å². The second-order valence-electron chi connectivity index (χ2n) is 1.47. The number of rotatable bonds is 0. The minimum Gasteiger partial charge on any atom is -0.429 e. The maximum absolute atomic E-state index is 8.59. The van der Waals surface area contributed by atoms with E-state index in [-0.39, 0.29) is 24.8 Å². The summed E-state index contributed by atoms with van der Waals surface area (Å²) in [5.74, 6) is 0. The van der Waals surface area contributed by atoms with E-state index in [2.05, 4.69) is 0 Å². The fourth-order valence-corrected chi connectivity index (χ4v) is 0.419. The highest BCUT2D eigenvalue weighted by Crippen LogP contribution is 1.72. The van der Waals surface area contributed by atoms with Crippen molar-refractivity contribution in [2.75, 3.05) is 0 Å². The lowest BCUT2D eigenvalue weighted by atomic mass is 10.5. The molecular formula is C5H8Cl2N2O. The molecule has 0 amide bonds. The Bertz CT molecular complexity index is 215. The Morgan fingerprint density at radius 2 is 1.60 bits per heavy atom. The van der Waals surface area contributed by atoms with Crippen LogP contribution in [0.2, 0.25) is 0 Å². The van der Waals surface area contributed by atoms with Crippen molar-refractivity contribution < 1.29 is 5.21 Å². The largest absolute Gasteiger partial charge is 0.429 e. The van der Waals surface area contributed by atoms with Crippen molar-refractivity contribution in [1.82, 2.24) is 4.73 Å². The zero-order valence-corrected chi connectivity index (χ0v) is 6.65. The fraction of sp³-hybridized carbons (Fsp3) is 0. The minimum atomic E-state index is 0. The maximum Gasteiger partial charge on any atom is 0.0571 e. The number of halogens is 2. The van der Waals surface area contributed by atoms with E-state index >= 15 is 0 Å². The molecule has 1 heterocycles. The molecule has 0 radical (unpaired) electrons. The van der Waals surface area contributed by atoms with Gasteiger partial charge in [-0.15, -0.1) is 24.8 Å².